The van der Waals surface area contributed by atoms with Gasteiger partial charge in [-0.3, -0.25) is 0 Å². The Balaban J connectivity index is 0.905. The zero-order valence-electron chi connectivity index (χ0n) is 39.0. The fourth-order valence-electron chi connectivity index (χ4n) is 13.7. The van der Waals surface area contributed by atoms with Crippen molar-refractivity contribution in [1.82, 2.24) is 0 Å². The minimum Gasteiger partial charge on any atom is -0.456 e. The van der Waals surface area contributed by atoms with Crippen LogP contribution in [0.1, 0.15) is 95.8 Å². The molecule has 8 rings (SSSR count). The summed E-state index contributed by atoms with van der Waals surface area (Å²) in [5.74, 6) is -0.230. The van der Waals surface area contributed by atoms with E-state index in [9.17, 15) is 55.9 Å². The molecule has 0 aromatic heterocycles. The third kappa shape index (κ3) is 9.15. The number of aliphatic hydroxyl groups is 10. The van der Waals surface area contributed by atoms with Crippen molar-refractivity contribution in [2.24, 2.45) is 34.5 Å². The molecular formula is C48H74O19. The summed E-state index contributed by atoms with van der Waals surface area (Å²) < 4.78 is 47.9. The maximum atomic E-state index is 13.5. The molecule has 19 heteroatoms. The Morgan fingerprint density at radius 1 is 0.731 bits per heavy atom. The molecule has 4 saturated carbocycles. The normalized spacial score (nSPS) is 50.4. The van der Waals surface area contributed by atoms with Gasteiger partial charge in [0, 0.05) is 12.5 Å². The first-order valence-corrected chi connectivity index (χ1v) is 24.2. The van der Waals surface area contributed by atoms with Crippen molar-refractivity contribution in [3.8, 4) is 0 Å². The lowest BCUT2D eigenvalue weighted by atomic mass is 9.43. The summed E-state index contributed by atoms with van der Waals surface area (Å²) in [6.45, 7) is 6.42. The molecule has 1 aromatic rings. The van der Waals surface area contributed by atoms with Crippen molar-refractivity contribution >= 4 is 5.97 Å². The number of aliphatic hydroxyl groups excluding tert-OH is 9. The number of esters is 1. The number of benzene rings is 1. The van der Waals surface area contributed by atoms with Gasteiger partial charge < -0.3 is 89.0 Å². The summed E-state index contributed by atoms with van der Waals surface area (Å²) in [5.41, 5.74) is -1.57. The second kappa shape index (κ2) is 20.3. The van der Waals surface area contributed by atoms with Crippen LogP contribution in [0.3, 0.4) is 0 Å². The van der Waals surface area contributed by atoms with Gasteiger partial charge in [0.15, 0.2) is 18.9 Å². The van der Waals surface area contributed by atoms with Crippen molar-refractivity contribution in [2.45, 2.75) is 202 Å². The number of hydrogen-bond acceptors (Lipinski definition) is 19. The highest BCUT2D eigenvalue weighted by atomic mass is 16.8. The maximum absolute atomic E-state index is 13.5. The van der Waals surface area contributed by atoms with Gasteiger partial charge in [0.2, 0.25) is 0 Å². The van der Waals surface area contributed by atoms with Gasteiger partial charge in [-0.05, 0) is 113 Å². The van der Waals surface area contributed by atoms with Crippen LogP contribution in [-0.2, 0) is 37.9 Å². The molecule has 25 atom stereocenters. The summed E-state index contributed by atoms with van der Waals surface area (Å²) in [7, 11) is 1.38. The van der Waals surface area contributed by atoms with Gasteiger partial charge in [-0.2, -0.15) is 0 Å². The van der Waals surface area contributed by atoms with Crippen molar-refractivity contribution in [1.29, 1.82) is 0 Å². The zero-order valence-corrected chi connectivity index (χ0v) is 39.0. The van der Waals surface area contributed by atoms with E-state index in [1.165, 1.54) is 7.11 Å². The Kier molecular flexibility index (Phi) is 15.5. The summed E-state index contributed by atoms with van der Waals surface area (Å²) in [6.07, 6.45) is -17.0. The molecule has 3 heterocycles. The number of rotatable bonds is 13. The van der Waals surface area contributed by atoms with E-state index in [1.807, 2.05) is 6.07 Å². The maximum Gasteiger partial charge on any atom is 0.338 e. The predicted octanol–water partition coefficient (Wildman–Crippen LogP) is -0.118. The quantitative estimate of drug-likeness (QED) is 0.0911. The summed E-state index contributed by atoms with van der Waals surface area (Å²) in [5, 5.41) is 109. The van der Waals surface area contributed by atoms with E-state index in [-0.39, 0.29) is 35.2 Å². The highest BCUT2D eigenvalue weighted by molar-refractivity contribution is 5.89. The Labute approximate surface area is 391 Å². The molecule has 3 saturated heterocycles. The average Bonchev–Trinajstić information content (AvgIpc) is 3.52. The van der Waals surface area contributed by atoms with E-state index in [0.717, 1.165) is 32.1 Å². The second-order valence-electron chi connectivity index (χ2n) is 21.1. The highest BCUT2D eigenvalue weighted by Gasteiger charge is 2.72. The second-order valence-corrected chi connectivity index (χ2v) is 21.1. The van der Waals surface area contributed by atoms with E-state index in [4.69, 9.17) is 37.9 Å². The third-order valence-corrected chi connectivity index (χ3v) is 17.5. The fraction of sp³-hybridized carbons (Fsp3) is 0.854. The van der Waals surface area contributed by atoms with Gasteiger partial charge in [0.25, 0.3) is 0 Å². The first-order valence-electron chi connectivity index (χ1n) is 24.2. The van der Waals surface area contributed by atoms with Crippen LogP contribution in [0.2, 0.25) is 0 Å². The Bertz CT molecular complexity index is 1810. The number of carbonyl (C=O) groups excluding carboxylic acids is 1. The van der Waals surface area contributed by atoms with Crippen LogP contribution in [0.5, 0.6) is 0 Å². The minimum atomic E-state index is -1.82. The highest BCUT2D eigenvalue weighted by Crippen LogP contribution is 2.70. The molecule has 67 heavy (non-hydrogen) atoms. The summed E-state index contributed by atoms with van der Waals surface area (Å²) in [6, 6.07) is 8.85. The van der Waals surface area contributed by atoms with Crippen LogP contribution in [0.25, 0.3) is 0 Å². The lowest BCUT2D eigenvalue weighted by Crippen LogP contribution is -2.66. The lowest BCUT2D eigenvalue weighted by molar-refractivity contribution is -0.380. The number of hydrogen-bond donors (Lipinski definition) is 10. The van der Waals surface area contributed by atoms with Crippen LogP contribution >= 0.6 is 0 Å². The molecule has 0 radical (unpaired) electrons. The molecule has 0 amide bonds. The molecule has 19 nitrogen and oxygen atoms in total. The molecule has 3 aliphatic heterocycles. The van der Waals surface area contributed by atoms with Crippen molar-refractivity contribution in [3.63, 3.8) is 0 Å². The molecule has 380 valence electrons. The van der Waals surface area contributed by atoms with Crippen molar-refractivity contribution < 1.29 is 93.8 Å². The number of ether oxygens (including phenoxy) is 8. The van der Waals surface area contributed by atoms with Crippen LogP contribution in [0, 0.1) is 34.5 Å². The van der Waals surface area contributed by atoms with E-state index in [0.29, 0.717) is 31.2 Å². The van der Waals surface area contributed by atoms with Crippen LogP contribution in [0.4, 0.5) is 0 Å². The van der Waals surface area contributed by atoms with Crippen molar-refractivity contribution in [2.75, 3.05) is 20.3 Å². The van der Waals surface area contributed by atoms with Gasteiger partial charge >= 0.3 is 5.97 Å². The van der Waals surface area contributed by atoms with Gasteiger partial charge in [-0.15, -0.1) is 0 Å². The van der Waals surface area contributed by atoms with Crippen LogP contribution in [-0.4, -0.2) is 193 Å². The van der Waals surface area contributed by atoms with Crippen LogP contribution in [0.15, 0.2) is 30.3 Å². The predicted molar refractivity (Wildman–Crippen MR) is 231 cm³/mol. The molecule has 10 N–H and O–H groups in total. The topological polar surface area (TPSA) is 293 Å². The largest absolute Gasteiger partial charge is 0.456 e. The molecule has 4 aliphatic carbocycles. The standard InChI is InChI=1S/C48H74O19/c1-22(51)17-26-19-32(65-42(58)24-9-7-6-8-10-24)48(59)29-12-11-25-18-27(13-15-46(25,3)28(29)14-16-47(26,48)4)62-45-38(57)41(60-5)39(23(2)61-45)66-44-37(56)35(54)40(31(21-50)64-44)67-43-36(55)34(53)33(52)30(20-49)63-43/h6-10,22-23,25-41,43-45,49-57,59H,11-21H2,1-5H3/t22-,23?,25+,26-,27+,28+,29?,30?,31?,32+,33-,34+,35-,36?,37?,38?,39+,40-,41-,43+,44+,45+,46+,47-,48-/m1/s1. The SMILES string of the molecule is CO[C@@H]1C(O)[C@H](O[C@H]2CC[C@@]3(C)[C@@H](CCC4[C@@H]3CC[C@]3(C)[C@H](C[C@@H](C)O)C[C@H](OC(=O)c5ccccc5)[C@]43O)C2)OC(C)[C@@H]1O[C@@H]1OC(CO)[C@@H](O[C@@H]2OC(CO)[C@@H](O)[C@H](O)C2O)[C@H](O)C1O. The zero-order chi connectivity index (χ0) is 48.3. The molecule has 7 unspecified atom stereocenters. The molecule has 0 bridgehead atoms. The fourth-order valence-corrected chi connectivity index (χ4v) is 13.7. The van der Waals surface area contributed by atoms with Gasteiger partial charge in [0.1, 0.15) is 78.8 Å². The van der Waals surface area contributed by atoms with E-state index >= 15 is 0 Å². The first-order chi connectivity index (χ1) is 31.8. The molecule has 7 fully saturated rings. The Morgan fingerprint density at radius 3 is 2.03 bits per heavy atom. The summed E-state index contributed by atoms with van der Waals surface area (Å²) >= 11 is 0. The molecule has 1 aromatic carbocycles. The molecular weight excluding hydrogens is 881 g/mol. The molecule has 7 aliphatic rings. The summed E-state index contributed by atoms with van der Waals surface area (Å²) in [4.78, 5) is 13.5. The van der Waals surface area contributed by atoms with Gasteiger partial charge in [-0.1, -0.05) is 32.0 Å². The van der Waals surface area contributed by atoms with Gasteiger partial charge in [0.05, 0.1) is 37.1 Å². The number of carbonyl (C=O) groups is 1. The smallest absolute Gasteiger partial charge is 0.338 e. The third-order valence-electron chi connectivity index (χ3n) is 17.5. The van der Waals surface area contributed by atoms with Crippen molar-refractivity contribution in [3.05, 3.63) is 35.9 Å². The van der Waals surface area contributed by atoms with Gasteiger partial charge in [-0.25, -0.2) is 4.79 Å². The van der Waals surface area contributed by atoms with E-state index in [1.54, 1.807) is 38.1 Å². The Morgan fingerprint density at radius 2 is 1.37 bits per heavy atom. The average molecular weight is 955 g/mol. The first kappa shape index (κ1) is 51.4. The van der Waals surface area contributed by atoms with E-state index in [2.05, 4.69) is 13.8 Å². The number of fused-ring (bicyclic) bond motifs is 5. The Hall–Kier alpha value is -1.99. The number of methoxy groups -OCH3 is 1. The van der Waals surface area contributed by atoms with Crippen LogP contribution < -0.4 is 0 Å². The minimum absolute atomic E-state index is 0.0312. The molecule has 0 spiro atoms. The monoisotopic (exact) mass is 954 g/mol. The van der Waals surface area contributed by atoms with E-state index < -0.39 is 135 Å². The lowest BCUT2D eigenvalue weighted by Gasteiger charge is -2.64.